The predicted octanol–water partition coefficient (Wildman–Crippen LogP) is 1.08. The first-order chi connectivity index (χ1) is 9.73. The lowest BCUT2D eigenvalue weighted by Crippen LogP contribution is -2.48. The van der Waals surface area contributed by atoms with E-state index in [9.17, 15) is 22.8 Å². The summed E-state index contributed by atoms with van der Waals surface area (Å²) >= 11 is 0. The Morgan fingerprint density at radius 3 is 2.38 bits per heavy atom. The number of halogens is 3. The lowest BCUT2D eigenvalue weighted by molar-refractivity contribution is -0.141. The minimum atomic E-state index is -4.42. The van der Waals surface area contributed by atoms with Gasteiger partial charge in [0.1, 0.15) is 6.54 Å². The molecule has 21 heavy (non-hydrogen) atoms. The Balaban J connectivity index is 2.59. The van der Waals surface area contributed by atoms with Gasteiger partial charge in [-0.25, -0.2) is 4.79 Å². The van der Waals surface area contributed by atoms with E-state index in [0.717, 1.165) is 4.90 Å². The van der Waals surface area contributed by atoms with Crippen molar-refractivity contribution in [3.63, 3.8) is 0 Å². The second-order valence-electron chi connectivity index (χ2n) is 4.92. The molecule has 0 atom stereocenters. The van der Waals surface area contributed by atoms with Crippen LogP contribution >= 0.6 is 0 Å². The SMILES string of the molecule is CCN(CC(F)(F)F)C(=O)N1CCCN(CC(=O)O)CC1. The highest BCUT2D eigenvalue weighted by molar-refractivity contribution is 5.74. The van der Waals surface area contributed by atoms with Crippen molar-refractivity contribution in [1.82, 2.24) is 14.7 Å². The van der Waals surface area contributed by atoms with Gasteiger partial charge < -0.3 is 14.9 Å². The van der Waals surface area contributed by atoms with Crippen LogP contribution in [0.4, 0.5) is 18.0 Å². The van der Waals surface area contributed by atoms with Gasteiger partial charge >= 0.3 is 18.2 Å². The van der Waals surface area contributed by atoms with Crippen molar-refractivity contribution in [2.24, 2.45) is 0 Å². The second-order valence-corrected chi connectivity index (χ2v) is 4.92. The zero-order chi connectivity index (χ0) is 16.0. The van der Waals surface area contributed by atoms with Crippen LogP contribution < -0.4 is 0 Å². The number of alkyl halides is 3. The van der Waals surface area contributed by atoms with Gasteiger partial charge in [-0.1, -0.05) is 0 Å². The van der Waals surface area contributed by atoms with E-state index in [1.54, 1.807) is 4.90 Å². The van der Waals surface area contributed by atoms with Gasteiger partial charge in [-0.05, 0) is 13.3 Å². The predicted molar refractivity (Wildman–Crippen MR) is 69.0 cm³/mol. The molecule has 0 unspecified atom stereocenters. The molecule has 0 aromatic heterocycles. The highest BCUT2D eigenvalue weighted by Gasteiger charge is 2.34. The minimum absolute atomic E-state index is 0.0202. The molecule has 2 amide bonds. The molecule has 0 aromatic rings. The molecule has 1 fully saturated rings. The molecule has 0 bridgehead atoms. The summed E-state index contributed by atoms with van der Waals surface area (Å²) in [5.74, 6) is -0.956. The van der Waals surface area contributed by atoms with Gasteiger partial charge in [-0.2, -0.15) is 13.2 Å². The molecular formula is C12H20F3N3O3. The number of hydrogen-bond donors (Lipinski definition) is 1. The summed E-state index contributed by atoms with van der Waals surface area (Å²) in [6, 6.07) is -0.646. The third-order valence-corrected chi connectivity index (χ3v) is 3.24. The molecule has 0 radical (unpaired) electrons. The highest BCUT2D eigenvalue weighted by atomic mass is 19.4. The van der Waals surface area contributed by atoms with Gasteiger partial charge in [0.05, 0.1) is 6.54 Å². The number of carboxylic acid groups (broad SMARTS) is 1. The zero-order valence-electron chi connectivity index (χ0n) is 11.9. The van der Waals surface area contributed by atoms with Crippen LogP contribution in [-0.4, -0.2) is 83.8 Å². The number of carbonyl (C=O) groups excluding carboxylic acids is 1. The van der Waals surface area contributed by atoms with Gasteiger partial charge in [-0.15, -0.1) is 0 Å². The minimum Gasteiger partial charge on any atom is -0.480 e. The lowest BCUT2D eigenvalue weighted by Gasteiger charge is -2.29. The first kappa shape index (κ1) is 17.5. The van der Waals surface area contributed by atoms with Crippen LogP contribution in [-0.2, 0) is 4.79 Å². The van der Waals surface area contributed by atoms with E-state index in [1.807, 2.05) is 0 Å². The van der Waals surface area contributed by atoms with Crippen LogP contribution in [0.3, 0.4) is 0 Å². The molecule has 122 valence electrons. The Labute approximate surface area is 121 Å². The fraction of sp³-hybridized carbons (Fsp3) is 0.833. The van der Waals surface area contributed by atoms with Gasteiger partial charge in [0.2, 0.25) is 0 Å². The van der Waals surface area contributed by atoms with Gasteiger partial charge in [0, 0.05) is 32.7 Å². The highest BCUT2D eigenvalue weighted by Crippen LogP contribution is 2.17. The first-order valence-corrected chi connectivity index (χ1v) is 6.77. The molecule has 1 heterocycles. The summed E-state index contributed by atoms with van der Waals surface area (Å²) in [6.07, 6.45) is -3.88. The van der Waals surface area contributed by atoms with Crippen LogP contribution in [0.2, 0.25) is 0 Å². The van der Waals surface area contributed by atoms with Crippen molar-refractivity contribution in [3.8, 4) is 0 Å². The number of rotatable bonds is 4. The molecule has 1 aliphatic rings. The summed E-state index contributed by atoms with van der Waals surface area (Å²) in [5.41, 5.74) is 0. The van der Waals surface area contributed by atoms with Crippen LogP contribution in [0.5, 0.6) is 0 Å². The van der Waals surface area contributed by atoms with Crippen molar-refractivity contribution in [3.05, 3.63) is 0 Å². The van der Waals surface area contributed by atoms with E-state index in [4.69, 9.17) is 5.11 Å². The molecule has 0 saturated carbocycles. The van der Waals surface area contributed by atoms with Gasteiger partial charge in [0.15, 0.2) is 0 Å². The lowest BCUT2D eigenvalue weighted by atomic mass is 10.4. The molecule has 9 heteroatoms. The maximum Gasteiger partial charge on any atom is 0.406 e. The molecule has 0 aliphatic carbocycles. The Bertz CT molecular complexity index is 376. The molecule has 6 nitrogen and oxygen atoms in total. The summed E-state index contributed by atoms with van der Waals surface area (Å²) in [4.78, 5) is 26.5. The Kier molecular flexibility index (Phi) is 6.25. The molecule has 1 aliphatic heterocycles. The van der Waals surface area contributed by atoms with Crippen LogP contribution in [0.25, 0.3) is 0 Å². The smallest absolute Gasteiger partial charge is 0.406 e. The second kappa shape index (κ2) is 7.48. The van der Waals surface area contributed by atoms with Crippen molar-refractivity contribution in [2.75, 3.05) is 45.8 Å². The van der Waals surface area contributed by atoms with Gasteiger partial charge in [0.25, 0.3) is 0 Å². The molecule has 0 spiro atoms. The Morgan fingerprint density at radius 2 is 1.86 bits per heavy atom. The normalized spacial score (nSPS) is 17.4. The summed E-state index contributed by atoms with van der Waals surface area (Å²) in [7, 11) is 0. The van der Waals surface area contributed by atoms with Crippen molar-refractivity contribution >= 4 is 12.0 Å². The van der Waals surface area contributed by atoms with Crippen LogP contribution in [0.1, 0.15) is 13.3 Å². The van der Waals surface area contributed by atoms with E-state index < -0.39 is 24.7 Å². The molecule has 0 aromatic carbocycles. The number of carbonyl (C=O) groups is 2. The largest absolute Gasteiger partial charge is 0.480 e. The third kappa shape index (κ3) is 6.19. The Hall–Kier alpha value is -1.51. The number of carboxylic acids is 1. The fourth-order valence-electron chi connectivity index (χ4n) is 2.24. The topological polar surface area (TPSA) is 64.1 Å². The number of amides is 2. The molecule has 1 saturated heterocycles. The van der Waals surface area contributed by atoms with Crippen molar-refractivity contribution < 1.29 is 27.9 Å². The standard InChI is InChI=1S/C12H20F3N3O3/c1-2-17(9-12(13,14)15)11(21)18-5-3-4-16(6-7-18)8-10(19)20/h2-9H2,1H3,(H,19,20). The maximum absolute atomic E-state index is 12.4. The van der Waals surface area contributed by atoms with Crippen molar-refractivity contribution in [1.29, 1.82) is 0 Å². The van der Waals surface area contributed by atoms with Crippen LogP contribution in [0.15, 0.2) is 0 Å². The van der Waals surface area contributed by atoms with E-state index >= 15 is 0 Å². The average Bonchev–Trinajstić information content (AvgIpc) is 2.59. The number of urea groups is 1. The van der Waals surface area contributed by atoms with Crippen molar-refractivity contribution in [2.45, 2.75) is 19.5 Å². The van der Waals surface area contributed by atoms with E-state index in [2.05, 4.69) is 0 Å². The van der Waals surface area contributed by atoms with E-state index in [-0.39, 0.29) is 19.6 Å². The quantitative estimate of drug-likeness (QED) is 0.844. The Morgan fingerprint density at radius 1 is 1.19 bits per heavy atom. The summed E-state index contributed by atoms with van der Waals surface area (Å²) in [5, 5.41) is 8.73. The number of hydrogen-bond acceptors (Lipinski definition) is 3. The zero-order valence-corrected chi connectivity index (χ0v) is 11.9. The summed E-state index contributed by atoms with van der Waals surface area (Å²) in [6.45, 7) is 1.53. The maximum atomic E-state index is 12.4. The van der Waals surface area contributed by atoms with E-state index in [1.165, 1.54) is 11.8 Å². The fourth-order valence-corrected chi connectivity index (χ4v) is 2.24. The first-order valence-electron chi connectivity index (χ1n) is 6.77. The van der Waals surface area contributed by atoms with Crippen LogP contribution in [0, 0.1) is 0 Å². The number of aliphatic carboxylic acids is 1. The molecule has 1 rings (SSSR count). The van der Waals surface area contributed by atoms with Gasteiger partial charge in [-0.3, -0.25) is 9.69 Å². The molecule has 1 N–H and O–H groups in total. The average molecular weight is 311 g/mol. The third-order valence-electron chi connectivity index (χ3n) is 3.24. The van der Waals surface area contributed by atoms with E-state index in [0.29, 0.717) is 26.1 Å². The summed E-state index contributed by atoms with van der Waals surface area (Å²) < 4.78 is 37.3. The monoisotopic (exact) mass is 311 g/mol. The number of nitrogens with zero attached hydrogens (tertiary/aromatic N) is 3. The molecular weight excluding hydrogens is 291 g/mol.